The zero-order valence-electron chi connectivity index (χ0n) is 17.1. The van der Waals surface area contributed by atoms with E-state index in [1.165, 1.54) is 14.0 Å². The Morgan fingerprint density at radius 3 is 2.42 bits per heavy atom. The van der Waals surface area contributed by atoms with E-state index in [2.05, 4.69) is 0 Å². The second-order valence-electron chi connectivity index (χ2n) is 6.82. The van der Waals surface area contributed by atoms with E-state index >= 15 is 0 Å². The lowest BCUT2D eigenvalue weighted by atomic mass is 10.1. The Balaban J connectivity index is 1.81. The number of methoxy groups -OCH3 is 1. The standard InChI is InChI=1S/C21H22FNO7S/c1-14(24)15-4-6-19(28-2)17(11-15)13-30-21(25)16-3-5-18(22)20(12-16)31(26,27)23-7-9-29-10-8-23/h3-6,11-12H,7-10,13H2,1-2H3. The third-order valence-corrected chi connectivity index (χ3v) is 6.71. The Labute approximate surface area is 179 Å². The lowest BCUT2D eigenvalue weighted by molar-refractivity contribution is 0.0469. The predicted molar refractivity (Wildman–Crippen MR) is 108 cm³/mol. The van der Waals surface area contributed by atoms with Gasteiger partial charge in [-0.15, -0.1) is 0 Å². The van der Waals surface area contributed by atoms with E-state index < -0.39 is 26.7 Å². The Kier molecular flexibility index (Phi) is 7.04. The van der Waals surface area contributed by atoms with Gasteiger partial charge in [-0.2, -0.15) is 4.31 Å². The summed E-state index contributed by atoms with van der Waals surface area (Å²) in [6.45, 7) is 1.82. The van der Waals surface area contributed by atoms with Gasteiger partial charge in [-0.1, -0.05) is 0 Å². The van der Waals surface area contributed by atoms with Crippen LogP contribution < -0.4 is 4.74 Å². The fourth-order valence-corrected chi connectivity index (χ4v) is 4.59. The van der Waals surface area contributed by atoms with Gasteiger partial charge in [0.2, 0.25) is 10.0 Å². The minimum Gasteiger partial charge on any atom is -0.496 e. The first-order valence-electron chi connectivity index (χ1n) is 9.46. The largest absolute Gasteiger partial charge is 0.496 e. The number of Topliss-reactive ketones (excluding diaryl/α,β-unsaturated/α-hetero) is 1. The van der Waals surface area contributed by atoms with Crippen LogP contribution >= 0.6 is 0 Å². The highest BCUT2D eigenvalue weighted by Gasteiger charge is 2.30. The molecule has 0 atom stereocenters. The van der Waals surface area contributed by atoms with Crippen LogP contribution in [0.2, 0.25) is 0 Å². The van der Waals surface area contributed by atoms with Crippen LogP contribution in [0.15, 0.2) is 41.3 Å². The van der Waals surface area contributed by atoms with Crippen LogP contribution in [-0.2, 0) is 26.1 Å². The maximum absolute atomic E-state index is 14.3. The van der Waals surface area contributed by atoms with Crippen molar-refractivity contribution >= 4 is 21.8 Å². The van der Waals surface area contributed by atoms with Crippen LogP contribution in [0.4, 0.5) is 4.39 Å². The number of hydrogen-bond donors (Lipinski definition) is 0. The number of halogens is 1. The van der Waals surface area contributed by atoms with Crippen LogP contribution in [0.3, 0.4) is 0 Å². The highest BCUT2D eigenvalue weighted by atomic mass is 32.2. The normalized spacial score (nSPS) is 14.8. The Hall–Kier alpha value is -2.82. The van der Waals surface area contributed by atoms with E-state index in [0.717, 1.165) is 22.5 Å². The average molecular weight is 451 g/mol. The average Bonchev–Trinajstić information content (AvgIpc) is 2.77. The number of hydrogen-bond acceptors (Lipinski definition) is 7. The molecule has 2 aromatic rings. The quantitative estimate of drug-likeness (QED) is 0.471. The smallest absolute Gasteiger partial charge is 0.338 e. The summed E-state index contributed by atoms with van der Waals surface area (Å²) in [5.41, 5.74) is 0.772. The molecule has 0 radical (unpaired) electrons. The topological polar surface area (TPSA) is 99.2 Å². The third-order valence-electron chi connectivity index (χ3n) is 4.80. The molecule has 0 unspecified atom stereocenters. The third kappa shape index (κ3) is 5.09. The van der Waals surface area contributed by atoms with Gasteiger partial charge in [0, 0.05) is 24.2 Å². The van der Waals surface area contributed by atoms with E-state index in [0.29, 0.717) is 16.9 Å². The molecule has 0 amide bonds. The molecule has 0 saturated carbocycles. The number of carbonyl (C=O) groups excluding carboxylic acids is 2. The maximum Gasteiger partial charge on any atom is 0.338 e. The van der Waals surface area contributed by atoms with Crippen LogP contribution in [0.25, 0.3) is 0 Å². The van der Waals surface area contributed by atoms with Crippen molar-refractivity contribution in [3.05, 3.63) is 58.9 Å². The molecule has 0 N–H and O–H groups in total. The number of benzene rings is 2. The Bertz CT molecular complexity index is 1090. The molecule has 0 aromatic heterocycles. The summed E-state index contributed by atoms with van der Waals surface area (Å²) in [4.78, 5) is 23.5. The van der Waals surface area contributed by atoms with E-state index in [9.17, 15) is 22.4 Å². The molecule has 166 valence electrons. The van der Waals surface area contributed by atoms with Crippen molar-refractivity contribution in [1.82, 2.24) is 4.31 Å². The van der Waals surface area contributed by atoms with Crippen molar-refractivity contribution in [2.75, 3.05) is 33.4 Å². The summed E-state index contributed by atoms with van der Waals surface area (Å²) in [5, 5.41) is 0. The van der Waals surface area contributed by atoms with E-state index in [1.54, 1.807) is 18.2 Å². The highest BCUT2D eigenvalue weighted by molar-refractivity contribution is 7.89. The Morgan fingerprint density at radius 1 is 1.10 bits per heavy atom. The number of ether oxygens (including phenoxy) is 3. The van der Waals surface area contributed by atoms with Crippen molar-refractivity contribution < 1.29 is 36.6 Å². The molecular formula is C21H22FNO7S. The van der Waals surface area contributed by atoms with Crippen molar-refractivity contribution in [2.45, 2.75) is 18.4 Å². The van der Waals surface area contributed by atoms with Gasteiger partial charge in [-0.25, -0.2) is 17.6 Å². The molecule has 0 spiro atoms. The van der Waals surface area contributed by atoms with E-state index in [4.69, 9.17) is 14.2 Å². The first-order valence-corrected chi connectivity index (χ1v) is 10.9. The molecule has 3 rings (SSSR count). The molecule has 31 heavy (non-hydrogen) atoms. The SMILES string of the molecule is COc1ccc(C(C)=O)cc1COC(=O)c1ccc(F)c(S(=O)(=O)N2CCOCC2)c1. The second-order valence-corrected chi connectivity index (χ2v) is 8.73. The minimum absolute atomic E-state index is 0.0999. The Morgan fingerprint density at radius 2 is 1.77 bits per heavy atom. The van der Waals surface area contributed by atoms with Crippen LogP contribution in [0.1, 0.15) is 33.2 Å². The highest BCUT2D eigenvalue weighted by Crippen LogP contribution is 2.24. The molecule has 0 bridgehead atoms. The van der Waals surface area contributed by atoms with Gasteiger partial charge >= 0.3 is 5.97 Å². The minimum atomic E-state index is -4.13. The van der Waals surface area contributed by atoms with Crippen LogP contribution in [-0.4, -0.2) is 57.9 Å². The summed E-state index contributed by atoms with van der Waals surface area (Å²) < 4.78 is 56.6. The molecule has 1 aliphatic rings. The summed E-state index contributed by atoms with van der Waals surface area (Å²) in [5.74, 6) is -1.54. The predicted octanol–water partition coefficient (Wildman–Crippen LogP) is 2.41. The molecule has 8 nitrogen and oxygen atoms in total. The number of ketones is 1. The molecule has 1 saturated heterocycles. The van der Waals surface area contributed by atoms with Gasteiger partial charge in [-0.3, -0.25) is 4.79 Å². The van der Waals surface area contributed by atoms with E-state index in [1.807, 2.05) is 0 Å². The number of rotatable bonds is 7. The number of nitrogens with zero attached hydrogens (tertiary/aromatic N) is 1. The fraction of sp³-hybridized carbons (Fsp3) is 0.333. The monoisotopic (exact) mass is 451 g/mol. The molecule has 0 aliphatic carbocycles. The van der Waals surface area contributed by atoms with Gasteiger partial charge < -0.3 is 14.2 Å². The zero-order valence-corrected chi connectivity index (χ0v) is 17.9. The lowest BCUT2D eigenvalue weighted by Crippen LogP contribution is -2.41. The summed E-state index contributed by atoms with van der Waals surface area (Å²) in [6.07, 6.45) is 0. The summed E-state index contributed by atoms with van der Waals surface area (Å²) in [7, 11) is -2.69. The van der Waals surface area contributed by atoms with Crippen molar-refractivity contribution in [1.29, 1.82) is 0 Å². The van der Waals surface area contributed by atoms with Crippen molar-refractivity contribution in [3.63, 3.8) is 0 Å². The van der Waals surface area contributed by atoms with Gasteiger partial charge in [0.25, 0.3) is 0 Å². The van der Waals surface area contributed by atoms with Crippen molar-refractivity contribution in [3.8, 4) is 5.75 Å². The van der Waals surface area contributed by atoms with E-state index in [-0.39, 0.29) is 44.3 Å². The number of sulfonamides is 1. The molecule has 2 aromatic carbocycles. The number of esters is 1. The second kappa shape index (κ2) is 9.54. The van der Waals surface area contributed by atoms with Gasteiger partial charge in [-0.05, 0) is 43.3 Å². The van der Waals surface area contributed by atoms with Crippen LogP contribution in [0, 0.1) is 5.82 Å². The number of carbonyl (C=O) groups is 2. The molecule has 1 heterocycles. The molecule has 10 heteroatoms. The van der Waals surface area contributed by atoms with Gasteiger partial charge in [0.1, 0.15) is 23.1 Å². The summed E-state index contributed by atoms with van der Waals surface area (Å²) in [6, 6.07) is 7.76. The zero-order chi connectivity index (χ0) is 22.6. The van der Waals surface area contributed by atoms with Crippen LogP contribution in [0.5, 0.6) is 5.75 Å². The molecule has 1 aliphatic heterocycles. The molecule has 1 fully saturated rings. The molecular weight excluding hydrogens is 429 g/mol. The number of morpholine rings is 1. The first-order chi connectivity index (χ1) is 14.7. The van der Waals surface area contributed by atoms with Crippen molar-refractivity contribution in [2.24, 2.45) is 0 Å². The lowest BCUT2D eigenvalue weighted by Gasteiger charge is -2.26. The van der Waals surface area contributed by atoms with Gasteiger partial charge in [0.05, 0.1) is 25.9 Å². The maximum atomic E-state index is 14.3. The first kappa shape index (κ1) is 22.9. The summed E-state index contributed by atoms with van der Waals surface area (Å²) >= 11 is 0. The fourth-order valence-electron chi connectivity index (χ4n) is 3.09. The van der Waals surface area contributed by atoms with Gasteiger partial charge in [0.15, 0.2) is 5.78 Å².